The second-order valence-electron chi connectivity index (χ2n) is 5.16. The molecule has 0 amide bonds. The van der Waals surface area contributed by atoms with E-state index in [2.05, 4.69) is 16.4 Å². The summed E-state index contributed by atoms with van der Waals surface area (Å²) in [5.74, 6) is 1.30. The lowest BCUT2D eigenvalue weighted by molar-refractivity contribution is 0.165. The van der Waals surface area contributed by atoms with Crippen LogP contribution in [-0.2, 0) is 11.3 Å². The highest BCUT2D eigenvalue weighted by Gasteiger charge is 2.21. The Morgan fingerprint density at radius 3 is 3.11 bits per heavy atom. The predicted molar refractivity (Wildman–Crippen MR) is 68.5 cm³/mol. The summed E-state index contributed by atoms with van der Waals surface area (Å²) in [6.45, 7) is 3.26. The molecule has 0 aromatic carbocycles. The van der Waals surface area contributed by atoms with Crippen molar-refractivity contribution in [3.05, 3.63) is 23.9 Å². The van der Waals surface area contributed by atoms with Gasteiger partial charge in [-0.05, 0) is 25.3 Å². The van der Waals surface area contributed by atoms with Gasteiger partial charge in [0.05, 0.1) is 13.2 Å². The predicted octanol–water partition coefficient (Wildman–Crippen LogP) is 1.75. The van der Waals surface area contributed by atoms with Crippen LogP contribution >= 0.6 is 0 Å². The lowest BCUT2D eigenvalue weighted by Crippen LogP contribution is -2.18. The SMILES string of the molecule is c1cnc(OCC2CCOC2)c(CNC2CC2)c1. The first-order chi connectivity index (χ1) is 8.92. The Bertz CT molecular complexity index is 387. The van der Waals surface area contributed by atoms with Crippen LogP contribution in [0, 0.1) is 5.92 Å². The van der Waals surface area contributed by atoms with Crippen molar-refractivity contribution >= 4 is 0 Å². The summed E-state index contributed by atoms with van der Waals surface area (Å²) in [6.07, 6.45) is 5.50. The number of hydrogen-bond donors (Lipinski definition) is 1. The van der Waals surface area contributed by atoms with E-state index in [1.807, 2.05) is 6.07 Å². The Morgan fingerprint density at radius 2 is 2.33 bits per heavy atom. The molecule has 1 N–H and O–H groups in total. The van der Waals surface area contributed by atoms with Gasteiger partial charge in [-0.3, -0.25) is 0 Å². The van der Waals surface area contributed by atoms with Crippen molar-refractivity contribution in [1.82, 2.24) is 10.3 Å². The summed E-state index contributed by atoms with van der Waals surface area (Å²) in [5.41, 5.74) is 1.16. The van der Waals surface area contributed by atoms with E-state index in [1.165, 1.54) is 12.8 Å². The van der Waals surface area contributed by atoms with E-state index in [0.29, 0.717) is 18.6 Å². The Hall–Kier alpha value is -1.13. The second kappa shape index (κ2) is 5.67. The molecule has 1 aliphatic carbocycles. The van der Waals surface area contributed by atoms with E-state index >= 15 is 0 Å². The van der Waals surface area contributed by atoms with Crippen molar-refractivity contribution in [1.29, 1.82) is 0 Å². The third-order valence-corrected chi connectivity index (χ3v) is 3.49. The molecule has 2 fully saturated rings. The van der Waals surface area contributed by atoms with Crippen LogP contribution in [0.1, 0.15) is 24.8 Å². The first-order valence-corrected chi connectivity index (χ1v) is 6.79. The Morgan fingerprint density at radius 1 is 1.39 bits per heavy atom. The molecule has 0 radical (unpaired) electrons. The highest BCUT2D eigenvalue weighted by atomic mass is 16.5. The Balaban J connectivity index is 1.55. The van der Waals surface area contributed by atoms with Crippen molar-refractivity contribution in [3.8, 4) is 5.88 Å². The van der Waals surface area contributed by atoms with E-state index in [9.17, 15) is 0 Å². The summed E-state index contributed by atoms with van der Waals surface area (Å²) < 4.78 is 11.2. The van der Waals surface area contributed by atoms with E-state index < -0.39 is 0 Å². The number of ether oxygens (including phenoxy) is 2. The van der Waals surface area contributed by atoms with Crippen molar-refractivity contribution in [2.75, 3.05) is 19.8 Å². The second-order valence-corrected chi connectivity index (χ2v) is 5.16. The summed E-state index contributed by atoms with van der Waals surface area (Å²) in [5, 5.41) is 3.50. The van der Waals surface area contributed by atoms with Crippen molar-refractivity contribution in [2.24, 2.45) is 5.92 Å². The minimum atomic E-state index is 0.524. The molecule has 3 rings (SSSR count). The fourth-order valence-electron chi connectivity index (χ4n) is 2.14. The standard InChI is InChI=1S/C14H20N2O2/c1-2-12(8-16-13-3-4-13)14(15-6-1)18-10-11-5-7-17-9-11/h1-2,6,11,13,16H,3-5,7-10H2. The molecule has 98 valence electrons. The van der Waals surface area contributed by atoms with Gasteiger partial charge in [0, 0.05) is 36.9 Å². The topological polar surface area (TPSA) is 43.4 Å². The van der Waals surface area contributed by atoms with Crippen LogP contribution in [0.2, 0.25) is 0 Å². The van der Waals surface area contributed by atoms with Gasteiger partial charge >= 0.3 is 0 Å². The monoisotopic (exact) mass is 248 g/mol. The van der Waals surface area contributed by atoms with Crippen LogP contribution in [0.25, 0.3) is 0 Å². The molecule has 0 bridgehead atoms. The molecule has 2 heterocycles. The molecule has 0 spiro atoms. The lowest BCUT2D eigenvalue weighted by atomic mass is 10.1. The van der Waals surface area contributed by atoms with Gasteiger partial charge in [0.1, 0.15) is 0 Å². The van der Waals surface area contributed by atoms with Crippen LogP contribution < -0.4 is 10.1 Å². The molecule has 1 aromatic heterocycles. The summed E-state index contributed by atoms with van der Waals surface area (Å²) >= 11 is 0. The number of nitrogens with one attached hydrogen (secondary N) is 1. The van der Waals surface area contributed by atoms with Crippen molar-refractivity contribution in [3.63, 3.8) is 0 Å². The molecular formula is C14H20N2O2. The fraction of sp³-hybridized carbons (Fsp3) is 0.643. The van der Waals surface area contributed by atoms with Gasteiger partial charge in [-0.2, -0.15) is 0 Å². The molecule has 1 aromatic rings. The molecule has 1 unspecified atom stereocenters. The van der Waals surface area contributed by atoms with Gasteiger partial charge in [0.15, 0.2) is 0 Å². The molecule has 2 aliphatic rings. The molecular weight excluding hydrogens is 228 g/mol. The molecule has 1 atom stereocenters. The third-order valence-electron chi connectivity index (χ3n) is 3.49. The van der Waals surface area contributed by atoms with Crippen LogP contribution in [0.3, 0.4) is 0 Å². The minimum Gasteiger partial charge on any atom is -0.477 e. The van der Waals surface area contributed by atoms with E-state index in [4.69, 9.17) is 9.47 Å². The maximum absolute atomic E-state index is 5.84. The number of rotatable bonds is 6. The maximum Gasteiger partial charge on any atom is 0.217 e. The first kappa shape index (κ1) is 11.9. The summed E-state index contributed by atoms with van der Waals surface area (Å²) in [6, 6.07) is 4.76. The number of pyridine rings is 1. The average molecular weight is 248 g/mol. The van der Waals surface area contributed by atoms with Crippen LogP contribution in [0.4, 0.5) is 0 Å². The number of hydrogen-bond acceptors (Lipinski definition) is 4. The van der Waals surface area contributed by atoms with Crippen LogP contribution in [0.15, 0.2) is 18.3 Å². The highest BCUT2D eigenvalue weighted by Crippen LogP contribution is 2.22. The molecule has 1 saturated carbocycles. The van der Waals surface area contributed by atoms with Crippen LogP contribution in [0.5, 0.6) is 5.88 Å². The number of nitrogens with zero attached hydrogens (tertiary/aromatic N) is 1. The molecule has 1 aliphatic heterocycles. The zero-order valence-electron chi connectivity index (χ0n) is 10.6. The minimum absolute atomic E-state index is 0.524. The first-order valence-electron chi connectivity index (χ1n) is 6.79. The molecule has 4 nitrogen and oxygen atoms in total. The normalized spacial score (nSPS) is 23.2. The summed E-state index contributed by atoms with van der Waals surface area (Å²) in [7, 11) is 0. The number of aromatic nitrogens is 1. The van der Waals surface area contributed by atoms with Gasteiger partial charge in [-0.25, -0.2) is 4.98 Å². The quantitative estimate of drug-likeness (QED) is 0.833. The van der Waals surface area contributed by atoms with Gasteiger partial charge in [-0.15, -0.1) is 0 Å². The lowest BCUT2D eigenvalue weighted by Gasteiger charge is -2.13. The van der Waals surface area contributed by atoms with Gasteiger partial charge < -0.3 is 14.8 Å². The fourth-order valence-corrected chi connectivity index (χ4v) is 2.14. The Kier molecular flexibility index (Phi) is 3.76. The highest BCUT2D eigenvalue weighted by molar-refractivity contribution is 5.25. The average Bonchev–Trinajstić information content (AvgIpc) is 3.09. The molecule has 1 saturated heterocycles. The van der Waals surface area contributed by atoms with Crippen molar-refractivity contribution in [2.45, 2.75) is 31.8 Å². The van der Waals surface area contributed by atoms with E-state index in [-0.39, 0.29) is 0 Å². The van der Waals surface area contributed by atoms with Crippen LogP contribution in [-0.4, -0.2) is 30.8 Å². The third kappa shape index (κ3) is 3.21. The van der Waals surface area contributed by atoms with Crippen molar-refractivity contribution < 1.29 is 9.47 Å². The molecule has 18 heavy (non-hydrogen) atoms. The zero-order chi connectivity index (χ0) is 12.2. The summed E-state index contributed by atoms with van der Waals surface area (Å²) in [4.78, 5) is 4.33. The van der Waals surface area contributed by atoms with E-state index in [0.717, 1.165) is 37.6 Å². The van der Waals surface area contributed by atoms with Gasteiger partial charge in [0.25, 0.3) is 0 Å². The Labute approximate surface area is 108 Å². The smallest absolute Gasteiger partial charge is 0.217 e. The van der Waals surface area contributed by atoms with Gasteiger partial charge in [0.2, 0.25) is 5.88 Å². The van der Waals surface area contributed by atoms with E-state index in [1.54, 1.807) is 6.20 Å². The van der Waals surface area contributed by atoms with Gasteiger partial charge in [-0.1, -0.05) is 6.07 Å². The zero-order valence-corrected chi connectivity index (χ0v) is 10.6. The molecule has 4 heteroatoms. The largest absolute Gasteiger partial charge is 0.477 e. The maximum atomic E-state index is 5.84.